The zero-order valence-electron chi connectivity index (χ0n) is 16.0. The summed E-state index contributed by atoms with van der Waals surface area (Å²) in [7, 11) is 0. The average molecular weight is 367 g/mol. The molecule has 1 heterocycles. The van der Waals surface area contributed by atoms with Crippen LogP contribution in [-0.2, 0) is 9.59 Å². The molecule has 2 atom stereocenters. The molecular weight excluding hydrogens is 332 g/mol. The van der Waals surface area contributed by atoms with Gasteiger partial charge in [0.15, 0.2) is 5.78 Å². The lowest BCUT2D eigenvalue weighted by Gasteiger charge is -2.21. The van der Waals surface area contributed by atoms with E-state index in [9.17, 15) is 9.59 Å². The molecule has 3 nitrogen and oxygen atoms in total. The minimum Gasteiger partial charge on any atom is -0.481 e. The lowest BCUT2D eigenvalue weighted by molar-refractivity contribution is -0.137. The van der Waals surface area contributed by atoms with E-state index in [2.05, 4.69) is 39.0 Å². The third-order valence-electron chi connectivity index (χ3n) is 4.93. The van der Waals surface area contributed by atoms with Crippen molar-refractivity contribution in [1.82, 2.24) is 0 Å². The molecule has 1 aliphatic heterocycles. The molecule has 0 aromatic rings. The van der Waals surface area contributed by atoms with Crippen LogP contribution >= 0.6 is 11.8 Å². The fraction of sp³-hybridized carbons (Fsp3) is 0.714. The number of aliphatic carboxylic acids is 1. The van der Waals surface area contributed by atoms with Gasteiger partial charge in [0.05, 0.1) is 0 Å². The van der Waals surface area contributed by atoms with Gasteiger partial charge < -0.3 is 5.11 Å². The zero-order chi connectivity index (χ0) is 18.7. The van der Waals surface area contributed by atoms with Gasteiger partial charge in [-0.1, -0.05) is 51.8 Å². The number of unbranched alkanes of at least 4 members (excludes halogenated alkanes) is 2. The first-order valence-electron chi connectivity index (χ1n) is 9.54. The Balaban J connectivity index is 2.42. The van der Waals surface area contributed by atoms with Gasteiger partial charge in [0, 0.05) is 11.8 Å². The van der Waals surface area contributed by atoms with E-state index in [1.807, 2.05) is 17.8 Å². The molecule has 0 aromatic heterocycles. The number of allylic oxidation sites excluding steroid dienone is 4. The van der Waals surface area contributed by atoms with Crippen LogP contribution in [0.2, 0.25) is 0 Å². The van der Waals surface area contributed by atoms with E-state index in [0.29, 0.717) is 18.3 Å². The molecule has 0 radical (unpaired) electrons. The topological polar surface area (TPSA) is 54.4 Å². The number of rotatable bonds is 12. The molecule has 0 amide bonds. The van der Waals surface area contributed by atoms with Crippen molar-refractivity contribution in [2.45, 2.75) is 65.7 Å². The number of carboxylic acid groups (broad SMARTS) is 1. The molecule has 0 bridgehead atoms. The molecular formula is C21H34O3S. The Morgan fingerprint density at radius 2 is 1.96 bits per heavy atom. The van der Waals surface area contributed by atoms with Crippen molar-refractivity contribution in [2.24, 2.45) is 17.3 Å². The molecule has 25 heavy (non-hydrogen) atoms. The number of hydrogen-bond donors (Lipinski definition) is 1. The molecule has 0 spiro atoms. The molecule has 1 saturated heterocycles. The van der Waals surface area contributed by atoms with Gasteiger partial charge in [-0.2, -0.15) is 11.8 Å². The number of carbonyl (C=O) groups excluding carboxylic acids is 1. The first-order chi connectivity index (χ1) is 11.9. The zero-order valence-corrected chi connectivity index (χ0v) is 16.8. The van der Waals surface area contributed by atoms with Gasteiger partial charge >= 0.3 is 5.97 Å². The van der Waals surface area contributed by atoms with Gasteiger partial charge in [-0.3, -0.25) is 9.59 Å². The van der Waals surface area contributed by atoms with Crippen LogP contribution in [0, 0.1) is 17.3 Å². The van der Waals surface area contributed by atoms with E-state index in [4.69, 9.17) is 5.11 Å². The molecule has 1 fully saturated rings. The molecule has 0 aromatic carbocycles. The van der Waals surface area contributed by atoms with Gasteiger partial charge in [-0.05, 0) is 55.1 Å². The summed E-state index contributed by atoms with van der Waals surface area (Å²) in [5.41, 5.74) is -0.252. The van der Waals surface area contributed by atoms with Crippen molar-refractivity contribution >= 4 is 23.5 Å². The maximum absolute atomic E-state index is 12.5. The van der Waals surface area contributed by atoms with Crippen LogP contribution in [0.15, 0.2) is 24.3 Å². The minimum absolute atomic E-state index is 0.241. The summed E-state index contributed by atoms with van der Waals surface area (Å²) >= 11 is 1.96. The lowest BCUT2D eigenvalue weighted by Crippen LogP contribution is -2.22. The van der Waals surface area contributed by atoms with Gasteiger partial charge in [0.1, 0.15) is 0 Å². The van der Waals surface area contributed by atoms with Crippen molar-refractivity contribution in [3.63, 3.8) is 0 Å². The Morgan fingerprint density at radius 1 is 1.20 bits per heavy atom. The highest BCUT2D eigenvalue weighted by molar-refractivity contribution is 7.99. The van der Waals surface area contributed by atoms with Crippen LogP contribution in [0.5, 0.6) is 0 Å². The summed E-state index contributed by atoms with van der Waals surface area (Å²) in [6.07, 6.45) is 14.2. The predicted octanol–water partition coefficient (Wildman–Crippen LogP) is 5.51. The average Bonchev–Trinajstić information content (AvgIpc) is 3.01. The van der Waals surface area contributed by atoms with Crippen LogP contribution in [-0.4, -0.2) is 28.4 Å². The van der Waals surface area contributed by atoms with Crippen LogP contribution in [0.4, 0.5) is 0 Å². The Morgan fingerprint density at radius 3 is 2.64 bits per heavy atom. The number of ketones is 1. The summed E-state index contributed by atoms with van der Waals surface area (Å²) in [6, 6.07) is 0. The second kappa shape index (κ2) is 11.6. The number of hydrogen-bond acceptors (Lipinski definition) is 3. The fourth-order valence-corrected chi connectivity index (χ4v) is 4.49. The second-order valence-corrected chi connectivity index (χ2v) is 8.74. The van der Waals surface area contributed by atoms with Crippen LogP contribution in [0.1, 0.15) is 65.7 Å². The predicted molar refractivity (Wildman–Crippen MR) is 107 cm³/mol. The first-order valence-corrected chi connectivity index (χ1v) is 10.7. The Labute approximate surface area is 157 Å². The van der Waals surface area contributed by atoms with Crippen LogP contribution < -0.4 is 0 Å². The summed E-state index contributed by atoms with van der Waals surface area (Å²) < 4.78 is 0. The van der Waals surface area contributed by atoms with E-state index in [1.54, 1.807) is 0 Å². The van der Waals surface area contributed by atoms with Crippen molar-refractivity contribution in [2.75, 3.05) is 11.5 Å². The van der Waals surface area contributed by atoms with E-state index in [-0.39, 0.29) is 17.6 Å². The Kier molecular flexibility index (Phi) is 10.2. The second-order valence-electron chi connectivity index (χ2n) is 7.67. The van der Waals surface area contributed by atoms with Crippen molar-refractivity contribution in [1.29, 1.82) is 0 Å². The first kappa shape index (κ1) is 22.0. The van der Waals surface area contributed by atoms with Crippen molar-refractivity contribution in [3.8, 4) is 0 Å². The summed E-state index contributed by atoms with van der Waals surface area (Å²) in [4.78, 5) is 22.9. The monoisotopic (exact) mass is 366 g/mol. The van der Waals surface area contributed by atoms with Gasteiger partial charge in [0.2, 0.25) is 0 Å². The largest absolute Gasteiger partial charge is 0.481 e. The molecule has 1 rings (SSSR count). The van der Waals surface area contributed by atoms with Gasteiger partial charge in [-0.15, -0.1) is 0 Å². The van der Waals surface area contributed by atoms with E-state index in [0.717, 1.165) is 43.6 Å². The molecule has 4 heteroatoms. The minimum atomic E-state index is -0.725. The van der Waals surface area contributed by atoms with Gasteiger partial charge in [-0.25, -0.2) is 0 Å². The summed E-state index contributed by atoms with van der Waals surface area (Å²) in [6.45, 7) is 6.26. The molecule has 142 valence electrons. The Bertz CT molecular complexity index is 480. The molecule has 1 aliphatic rings. The van der Waals surface area contributed by atoms with E-state index >= 15 is 0 Å². The van der Waals surface area contributed by atoms with Gasteiger partial charge in [0.25, 0.3) is 0 Å². The molecule has 0 aliphatic carbocycles. The van der Waals surface area contributed by atoms with E-state index in [1.165, 1.54) is 0 Å². The van der Waals surface area contributed by atoms with Crippen LogP contribution in [0.25, 0.3) is 0 Å². The SMILES string of the molecule is CCCCC(C)(C)C(=O)C=C[C@@H]1CSC[C@@H]1CC=CCCCC(=O)O. The molecule has 0 saturated carbocycles. The highest BCUT2D eigenvalue weighted by atomic mass is 32.2. The van der Waals surface area contributed by atoms with Crippen molar-refractivity contribution in [3.05, 3.63) is 24.3 Å². The smallest absolute Gasteiger partial charge is 0.303 e. The van der Waals surface area contributed by atoms with Crippen LogP contribution in [0.3, 0.4) is 0 Å². The third-order valence-corrected chi connectivity index (χ3v) is 6.22. The number of thioether (sulfide) groups is 1. The summed E-state index contributed by atoms with van der Waals surface area (Å²) in [5.74, 6) is 2.82. The number of carbonyl (C=O) groups is 2. The normalized spacial score (nSPS) is 21.4. The lowest BCUT2D eigenvalue weighted by atomic mass is 9.82. The molecule has 1 N–H and O–H groups in total. The van der Waals surface area contributed by atoms with Crippen molar-refractivity contribution < 1.29 is 14.7 Å². The maximum Gasteiger partial charge on any atom is 0.303 e. The standard InChI is InChI=1S/C21H34O3S/c1-4-5-14-21(2,3)19(22)13-12-18-16-25-15-17(18)10-8-6-7-9-11-20(23)24/h6,8,12-13,17-18H,4-5,7,9-11,14-16H2,1-3H3,(H,23,24)/t17-,18+/m0/s1. The third kappa shape index (κ3) is 8.75. The highest BCUT2D eigenvalue weighted by Gasteiger charge is 2.27. The molecule has 0 unspecified atom stereocenters. The fourth-order valence-electron chi connectivity index (χ4n) is 3.01. The maximum atomic E-state index is 12.5. The number of carboxylic acids is 1. The quantitative estimate of drug-likeness (QED) is 0.281. The summed E-state index contributed by atoms with van der Waals surface area (Å²) in [5, 5.41) is 8.62. The van der Waals surface area contributed by atoms with E-state index < -0.39 is 5.97 Å². The highest BCUT2D eigenvalue weighted by Crippen LogP contribution is 2.34. The Hall–Kier alpha value is -1.03.